The number of ketones is 4. The number of fused-ring (bicyclic) bond motifs is 5. The van der Waals surface area contributed by atoms with E-state index in [1.165, 1.54) is 151 Å². The van der Waals surface area contributed by atoms with E-state index in [9.17, 15) is 19.2 Å². The van der Waals surface area contributed by atoms with Crippen molar-refractivity contribution in [3.63, 3.8) is 0 Å². The van der Waals surface area contributed by atoms with Crippen molar-refractivity contribution in [2.45, 2.75) is 145 Å². The van der Waals surface area contributed by atoms with Crippen LogP contribution >= 0.6 is 0 Å². The summed E-state index contributed by atoms with van der Waals surface area (Å²) in [5, 5.41) is 39.3. The molecule has 0 amide bonds. The third-order valence-electron chi connectivity index (χ3n) is 19.6. The molecule has 0 saturated carbocycles. The second-order valence-corrected chi connectivity index (χ2v) is 33.2. The van der Waals surface area contributed by atoms with Crippen molar-refractivity contribution in [2.75, 3.05) is 0 Å². The zero-order valence-electron chi connectivity index (χ0n) is 82.0. The fourth-order valence-corrected chi connectivity index (χ4v) is 14.0. The molecule has 0 fully saturated rings. The van der Waals surface area contributed by atoms with E-state index in [1.54, 1.807) is 6.20 Å². The number of nitrogens with zero attached hydrogens (tertiary/aromatic N) is 6. The summed E-state index contributed by atoms with van der Waals surface area (Å²) >= 11 is 0. The molecule has 0 saturated heterocycles. The summed E-state index contributed by atoms with van der Waals surface area (Å²) in [6, 6.07) is 115. The molecule has 11 aromatic carbocycles. The first-order valence-electron chi connectivity index (χ1n) is 44.1. The molecular formula is C120H118Ir5N6O8-6. The number of pyridine rings is 6. The van der Waals surface area contributed by atoms with Gasteiger partial charge in [-0.05, 0) is 171 Å². The van der Waals surface area contributed by atoms with Crippen LogP contribution in [0.2, 0.25) is 0 Å². The van der Waals surface area contributed by atoms with Gasteiger partial charge in [-0.1, -0.05) is 241 Å². The van der Waals surface area contributed by atoms with E-state index in [4.69, 9.17) is 40.4 Å². The van der Waals surface area contributed by atoms with Gasteiger partial charge in [-0.3, -0.25) is 44.1 Å². The molecule has 0 aliphatic heterocycles. The summed E-state index contributed by atoms with van der Waals surface area (Å²) < 4.78 is 0. The Kier molecular flexibility index (Phi) is 53.8. The van der Waals surface area contributed by atoms with Crippen molar-refractivity contribution in [1.82, 2.24) is 29.9 Å². The summed E-state index contributed by atoms with van der Waals surface area (Å²) in [5.74, 6) is 0.411. The molecule has 0 aliphatic carbocycles. The van der Waals surface area contributed by atoms with Crippen LogP contribution in [-0.4, -0.2) is 73.5 Å². The van der Waals surface area contributed by atoms with Crippen molar-refractivity contribution < 1.29 is 140 Å². The predicted octanol–water partition coefficient (Wildman–Crippen LogP) is 29.5. The van der Waals surface area contributed by atoms with Crippen LogP contribution in [0.15, 0.2) is 333 Å². The van der Waals surface area contributed by atoms with E-state index < -0.39 is 0 Å². The largest absolute Gasteiger partial charge is 0.512 e. The van der Waals surface area contributed by atoms with Crippen LogP contribution in [0, 0.1) is 112 Å². The Morgan fingerprint density at radius 2 is 0.633 bits per heavy atom. The standard InChI is InChI=1S/C21H22N.4C17H14N.C11H8N.4C5H8O2.5Ir/c1-14(2)9-17-5-6-18-7-8-20(22-21(18)13-17)19-11-15(3)10-16(4)12-19;1-12-7-9-15(13(2)11-12)17-10-8-14-5-3-4-6-16(14)18-17;2*1-12-9-13(2)11-15(10-12)17-8-7-14-5-3-4-6-16(14)18-17;1-12-7-8-15(11-13(12)2)17-10-9-14-5-3-4-6-16(14)18-17;1-2-6-10(7-3-1)11-8-4-5-9-12-11;4*1-4(6)3-5(2)7;;;;;/h5-8,10-11,13-14H,9H2,1-4H3;3-8,10-11H,1-2H3;2*3-10H,1-2H3;3-7,9-11H,1-2H3;1-6,8-9H;4*3,6H,1-2H3;;;;;/q6*-1;;;;;;;;;. The van der Waals surface area contributed by atoms with E-state index in [1.807, 2.05) is 127 Å². The van der Waals surface area contributed by atoms with E-state index in [0.29, 0.717) is 5.92 Å². The first-order chi connectivity index (χ1) is 63.9. The van der Waals surface area contributed by atoms with Crippen LogP contribution in [0.4, 0.5) is 0 Å². The normalized spacial score (nSPS) is 10.5. The number of rotatable bonds is 12. The van der Waals surface area contributed by atoms with Crippen molar-refractivity contribution in [3.05, 3.63) is 430 Å². The molecule has 14 nitrogen and oxygen atoms in total. The van der Waals surface area contributed by atoms with Crippen molar-refractivity contribution in [2.24, 2.45) is 5.92 Å². The van der Waals surface area contributed by atoms with E-state index in [-0.39, 0.29) is 147 Å². The van der Waals surface area contributed by atoms with Crippen molar-refractivity contribution in [1.29, 1.82) is 0 Å². The fraction of sp³-hybridized carbons (Fsp3) is 0.183. The van der Waals surface area contributed by atoms with Gasteiger partial charge in [0.05, 0.1) is 50.6 Å². The van der Waals surface area contributed by atoms with Gasteiger partial charge in [0.2, 0.25) is 0 Å². The molecule has 727 valence electrons. The first-order valence-corrected chi connectivity index (χ1v) is 44.1. The molecule has 0 spiro atoms. The van der Waals surface area contributed by atoms with Crippen LogP contribution in [0.25, 0.3) is 122 Å². The Hall–Kier alpha value is -12.3. The molecule has 17 aromatic rings. The van der Waals surface area contributed by atoms with E-state index in [0.717, 1.165) is 118 Å². The maximum Gasteiger partial charge on any atom is 0.155 e. The number of benzene rings is 11. The Morgan fingerprint density at radius 3 is 0.957 bits per heavy atom. The van der Waals surface area contributed by atoms with Gasteiger partial charge in [-0.2, -0.15) is 0 Å². The Balaban J connectivity index is 0.000000406. The number of aromatic nitrogens is 6. The number of para-hydroxylation sites is 4. The Morgan fingerprint density at radius 1 is 0.295 bits per heavy atom. The molecular weight excluding hydrogens is 2610 g/mol. The number of aryl methyl sites for hydroxylation is 10. The fourth-order valence-electron chi connectivity index (χ4n) is 14.0. The van der Waals surface area contributed by atoms with Crippen LogP contribution in [0.1, 0.15) is 130 Å². The second kappa shape index (κ2) is 61.9. The third kappa shape index (κ3) is 42.9. The zero-order chi connectivity index (χ0) is 97.5. The summed E-state index contributed by atoms with van der Waals surface area (Å²) in [5.41, 5.74) is 31.1. The zero-order valence-corrected chi connectivity index (χ0v) is 94.0. The quantitative estimate of drug-likeness (QED) is 0.0507. The van der Waals surface area contributed by atoms with Crippen LogP contribution in [-0.2, 0) is 126 Å². The summed E-state index contributed by atoms with van der Waals surface area (Å²) in [6.45, 7) is 36.8. The number of hydrogen-bond donors (Lipinski definition) is 4. The van der Waals surface area contributed by atoms with Crippen LogP contribution in [0.5, 0.6) is 0 Å². The molecule has 139 heavy (non-hydrogen) atoms. The van der Waals surface area contributed by atoms with Gasteiger partial charge in [0.1, 0.15) is 0 Å². The summed E-state index contributed by atoms with van der Waals surface area (Å²) in [7, 11) is 0. The number of carbonyl (C=O) groups is 4. The minimum absolute atomic E-state index is 0. The molecule has 19 heteroatoms. The maximum absolute atomic E-state index is 10.0. The summed E-state index contributed by atoms with van der Waals surface area (Å²) in [6.07, 6.45) is 7.55. The molecule has 0 atom stereocenters. The van der Waals surface area contributed by atoms with Gasteiger partial charge < -0.3 is 25.4 Å². The molecule has 6 heterocycles. The molecule has 0 unspecified atom stereocenters. The van der Waals surface area contributed by atoms with Gasteiger partial charge in [0.15, 0.2) is 23.1 Å². The van der Waals surface area contributed by atoms with Gasteiger partial charge in [-0.15, -0.1) is 210 Å². The first kappa shape index (κ1) is 121. The topological polar surface area (TPSA) is 227 Å². The molecule has 5 radical (unpaired) electrons. The molecule has 0 aliphatic rings. The Labute approximate surface area is 888 Å². The summed E-state index contributed by atoms with van der Waals surface area (Å²) in [4.78, 5) is 67.9. The molecule has 6 aromatic heterocycles. The van der Waals surface area contributed by atoms with Gasteiger partial charge in [0.25, 0.3) is 0 Å². The predicted molar refractivity (Wildman–Crippen MR) is 553 cm³/mol. The number of allylic oxidation sites excluding steroid dienone is 8. The van der Waals surface area contributed by atoms with Gasteiger partial charge in [-0.25, -0.2) is 0 Å². The molecule has 0 bridgehead atoms. The second-order valence-electron chi connectivity index (χ2n) is 33.2. The molecule has 4 N–H and O–H groups in total. The average molecular weight is 2730 g/mol. The van der Waals surface area contributed by atoms with Crippen LogP contribution in [0.3, 0.4) is 0 Å². The smallest absolute Gasteiger partial charge is 0.155 e. The van der Waals surface area contributed by atoms with E-state index >= 15 is 0 Å². The minimum atomic E-state index is -0.125. The molecule has 17 rings (SSSR count). The van der Waals surface area contributed by atoms with E-state index in [2.05, 4.69) is 281 Å². The van der Waals surface area contributed by atoms with Gasteiger partial charge in [0, 0.05) is 131 Å². The SMILES string of the molecule is CC(=O)C=C(C)O.CC(=O)C=C(C)O.CC(=O)C=C(C)O.CC(=O)C=C(C)O.Cc1[c-]c(-c2ccc3ccc(CC(C)C)cc3n2)cc(C)c1.Cc1[c-]c(-c2ccc3ccccc3n2)cc(C)c1.Cc1[c-]c(-c2ccc3ccccc3n2)cc(C)c1.Cc1c[c-]c(-c2ccc3ccccc3n2)c(C)c1.Cc1c[c-]c(-c2ccc3ccccc3n2)cc1C.[Ir].[Ir].[Ir].[Ir].[Ir].[c-]1ccccc1-c1ccccn1. The Bertz CT molecular complexity index is 6670. The minimum Gasteiger partial charge on any atom is -0.512 e. The number of carbonyl (C=O) groups excluding carboxylic acids is 4. The maximum atomic E-state index is 10.0. The monoisotopic (exact) mass is 2740 g/mol. The van der Waals surface area contributed by atoms with Crippen molar-refractivity contribution >= 4 is 77.6 Å². The van der Waals surface area contributed by atoms with Crippen molar-refractivity contribution in [3.8, 4) is 67.5 Å². The number of aliphatic hydroxyl groups excluding tert-OH is 4. The number of aliphatic hydroxyl groups is 4. The van der Waals surface area contributed by atoms with Gasteiger partial charge >= 0.3 is 0 Å². The number of hydrogen-bond acceptors (Lipinski definition) is 14. The van der Waals surface area contributed by atoms with Crippen LogP contribution < -0.4 is 0 Å². The average Bonchev–Trinajstić information content (AvgIpc) is 0.769. The third-order valence-corrected chi connectivity index (χ3v) is 19.6.